The highest BCUT2D eigenvalue weighted by Gasteiger charge is 2.27. The highest BCUT2D eigenvalue weighted by molar-refractivity contribution is 7.92. The van der Waals surface area contributed by atoms with Crippen LogP contribution in [0.15, 0.2) is 57.9 Å². The van der Waals surface area contributed by atoms with Gasteiger partial charge in [0.25, 0.3) is 10.0 Å². The van der Waals surface area contributed by atoms with Gasteiger partial charge in [0.05, 0.1) is 23.4 Å². The van der Waals surface area contributed by atoms with E-state index in [0.717, 1.165) is 11.3 Å². The molecule has 0 amide bonds. The standard InChI is InChI=1S/C21H24N2O4S/c1-5-16-7-8-17(20-13-15(3)22-27-20)14-21(16)28(24,25)23(6-2)18-9-11-19(26-4)12-10-18/h7-14H,5-6H2,1-4H3. The van der Waals surface area contributed by atoms with Gasteiger partial charge in [0, 0.05) is 18.2 Å². The van der Waals surface area contributed by atoms with Crippen molar-refractivity contribution < 1.29 is 17.7 Å². The summed E-state index contributed by atoms with van der Waals surface area (Å²) in [5.41, 5.74) is 2.77. The maximum Gasteiger partial charge on any atom is 0.264 e. The second-order valence-electron chi connectivity index (χ2n) is 6.38. The van der Waals surface area contributed by atoms with Gasteiger partial charge in [0.2, 0.25) is 0 Å². The summed E-state index contributed by atoms with van der Waals surface area (Å²) in [6.07, 6.45) is 0.602. The van der Waals surface area contributed by atoms with Crippen LogP contribution in [-0.4, -0.2) is 27.2 Å². The summed E-state index contributed by atoms with van der Waals surface area (Å²) in [6, 6.07) is 14.1. The van der Waals surface area contributed by atoms with Crippen LogP contribution in [0.1, 0.15) is 25.1 Å². The maximum atomic E-state index is 13.5. The molecule has 0 unspecified atom stereocenters. The molecule has 7 heteroatoms. The molecule has 0 saturated carbocycles. The second kappa shape index (κ2) is 8.06. The molecule has 148 valence electrons. The van der Waals surface area contributed by atoms with E-state index in [9.17, 15) is 8.42 Å². The van der Waals surface area contributed by atoms with Crippen molar-refractivity contribution in [1.29, 1.82) is 0 Å². The highest BCUT2D eigenvalue weighted by Crippen LogP contribution is 2.31. The van der Waals surface area contributed by atoms with Gasteiger partial charge >= 0.3 is 0 Å². The van der Waals surface area contributed by atoms with Crippen LogP contribution in [0.2, 0.25) is 0 Å². The van der Waals surface area contributed by atoms with E-state index in [-0.39, 0.29) is 4.90 Å². The largest absolute Gasteiger partial charge is 0.497 e. The van der Waals surface area contributed by atoms with Gasteiger partial charge in [0.1, 0.15) is 5.75 Å². The van der Waals surface area contributed by atoms with E-state index in [4.69, 9.17) is 9.26 Å². The summed E-state index contributed by atoms with van der Waals surface area (Å²) >= 11 is 0. The quantitative estimate of drug-likeness (QED) is 0.586. The summed E-state index contributed by atoms with van der Waals surface area (Å²) < 4.78 is 39.0. The monoisotopic (exact) mass is 400 g/mol. The molecule has 3 aromatic rings. The molecule has 0 radical (unpaired) electrons. The molecule has 0 spiro atoms. The molecule has 0 atom stereocenters. The third kappa shape index (κ3) is 3.75. The summed E-state index contributed by atoms with van der Waals surface area (Å²) in [5.74, 6) is 1.22. The fraction of sp³-hybridized carbons (Fsp3) is 0.286. The first-order chi connectivity index (χ1) is 13.4. The van der Waals surface area contributed by atoms with Gasteiger partial charge < -0.3 is 9.26 Å². The number of ether oxygens (including phenoxy) is 1. The predicted octanol–water partition coefficient (Wildman–Crippen LogP) is 4.44. The van der Waals surface area contributed by atoms with Gasteiger partial charge in [-0.3, -0.25) is 4.31 Å². The van der Waals surface area contributed by atoms with Crippen LogP contribution in [0.3, 0.4) is 0 Å². The summed E-state index contributed by atoms with van der Waals surface area (Å²) in [5, 5.41) is 3.90. The molecular formula is C21H24N2O4S. The van der Waals surface area contributed by atoms with E-state index in [1.165, 1.54) is 4.31 Å². The fourth-order valence-electron chi connectivity index (χ4n) is 3.10. The minimum atomic E-state index is -3.76. The Bertz CT molecular complexity index is 1060. The molecule has 0 N–H and O–H groups in total. The van der Waals surface area contributed by atoms with Gasteiger partial charge in [-0.25, -0.2) is 8.42 Å². The van der Waals surface area contributed by atoms with Crippen LogP contribution in [0.4, 0.5) is 5.69 Å². The highest BCUT2D eigenvalue weighted by atomic mass is 32.2. The first-order valence-corrected chi connectivity index (χ1v) is 10.6. The van der Waals surface area contributed by atoms with Crippen LogP contribution in [-0.2, 0) is 16.4 Å². The van der Waals surface area contributed by atoms with E-state index >= 15 is 0 Å². The lowest BCUT2D eigenvalue weighted by Gasteiger charge is -2.24. The van der Waals surface area contributed by atoms with Gasteiger partial charge in [-0.05, 0) is 56.2 Å². The average Bonchev–Trinajstić information content (AvgIpc) is 3.14. The topological polar surface area (TPSA) is 72.6 Å². The molecule has 0 aliphatic carbocycles. The number of aromatic nitrogens is 1. The lowest BCUT2D eigenvalue weighted by molar-refractivity contribution is 0.415. The van der Waals surface area contributed by atoms with E-state index in [1.807, 2.05) is 32.9 Å². The molecule has 0 bridgehead atoms. The zero-order valence-electron chi connectivity index (χ0n) is 16.5. The van der Waals surface area contributed by atoms with Gasteiger partial charge in [0.15, 0.2) is 5.76 Å². The normalized spacial score (nSPS) is 11.4. The number of nitrogens with zero attached hydrogens (tertiary/aromatic N) is 2. The van der Waals surface area contributed by atoms with Crippen molar-refractivity contribution in [3.63, 3.8) is 0 Å². The van der Waals surface area contributed by atoms with Crippen LogP contribution >= 0.6 is 0 Å². The molecular weight excluding hydrogens is 376 g/mol. The predicted molar refractivity (Wildman–Crippen MR) is 109 cm³/mol. The Hall–Kier alpha value is -2.80. The number of hydrogen-bond donors (Lipinski definition) is 0. The Morgan fingerprint density at radius 3 is 2.32 bits per heavy atom. The van der Waals surface area contributed by atoms with Crippen molar-refractivity contribution in [2.75, 3.05) is 18.0 Å². The Balaban J connectivity index is 2.09. The van der Waals surface area contributed by atoms with Crippen molar-refractivity contribution in [1.82, 2.24) is 5.16 Å². The molecule has 6 nitrogen and oxygen atoms in total. The first kappa shape index (κ1) is 19.9. The lowest BCUT2D eigenvalue weighted by atomic mass is 10.1. The number of hydrogen-bond acceptors (Lipinski definition) is 5. The Labute approximate surface area is 165 Å². The number of rotatable bonds is 7. The van der Waals surface area contributed by atoms with E-state index < -0.39 is 10.0 Å². The number of sulfonamides is 1. The second-order valence-corrected chi connectivity index (χ2v) is 8.21. The third-order valence-corrected chi connectivity index (χ3v) is 6.56. The molecule has 1 heterocycles. The van der Waals surface area contributed by atoms with Crippen LogP contribution in [0, 0.1) is 6.92 Å². The van der Waals surface area contributed by atoms with E-state index in [1.54, 1.807) is 43.5 Å². The van der Waals surface area contributed by atoms with Crippen molar-refractivity contribution >= 4 is 15.7 Å². The zero-order valence-corrected chi connectivity index (χ0v) is 17.3. The molecule has 0 fully saturated rings. The van der Waals surface area contributed by atoms with Gasteiger partial charge in [-0.2, -0.15) is 0 Å². The maximum absolute atomic E-state index is 13.5. The lowest BCUT2D eigenvalue weighted by Crippen LogP contribution is -2.31. The molecule has 0 saturated heterocycles. The smallest absolute Gasteiger partial charge is 0.264 e. The molecule has 0 aliphatic heterocycles. The van der Waals surface area contributed by atoms with Crippen molar-refractivity contribution in [2.24, 2.45) is 0 Å². The Morgan fingerprint density at radius 1 is 1.07 bits per heavy atom. The summed E-state index contributed by atoms with van der Waals surface area (Å²) in [7, 11) is -2.18. The summed E-state index contributed by atoms with van der Waals surface area (Å²) in [6.45, 7) is 5.89. The number of benzene rings is 2. The third-order valence-electron chi connectivity index (χ3n) is 4.58. The number of aryl methyl sites for hydroxylation is 2. The van der Waals surface area contributed by atoms with Gasteiger partial charge in [-0.15, -0.1) is 0 Å². The van der Waals surface area contributed by atoms with Crippen LogP contribution in [0.5, 0.6) is 5.75 Å². The zero-order chi connectivity index (χ0) is 20.3. The minimum Gasteiger partial charge on any atom is -0.497 e. The number of anilines is 1. The van der Waals surface area contributed by atoms with E-state index in [0.29, 0.717) is 35.7 Å². The molecule has 0 aliphatic rings. The molecule has 28 heavy (non-hydrogen) atoms. The molecule has 3 rings (SSSR count). The minimum absolute atomic E-state index is 0.277. The molecule has 2 aromatic carbocycles. The van der Waals surface area contributed by atoms with Crippen molar-refractivity contribution in [3.8, 4) is 17.1 Å². The Kier molecular flexibility index (Phi) is 5.74. The number of methoxy groups -OCH3 is 1. The average molecular weight is 401 g/mol. The molecule has 1 aromatic heterocycles. The van der Waals surface area contributed by atoms with E-state index in [2.05, 4.69) is 5.16 Å². The van der Waals surface area contributed by atoms with Crippen LogP contribution in [0.25, 0.3) is 11.3 Å². The van der Waals surface area contributed by atoms with Gasteiger partial charge in [-0.1, -0.05) is 24.2 Å². The summed E-state index contributed by atoms with van der Waals surface area (Å²) in [4.78, 5) is 0.277. The van der Waals surface area contributed by atoms with Crippen molar-refractivity contribution in [2.45, 2.75) is 32.1 Å². The SMILES string of the molecule is CCc1ccc(-c2cc(C)no2)cc1S(=O)(=O)N(CC)c1ccc(OC)cc1. The fourth-order valence-corrected chi connectivity index (χ4v) is 4.89. The van der Waals surface area contributed by atoms with Crippen LogP contribution < -0.4 is 9.04 Å². The first-order valence-electron chi connectivity index (χ1n) is 9.14. The van der Waals surface area contributed by atoms with Crippen molar-refractivity contribution in [3.05, 3.63) is 59.8 Å². The Morgan fingerprint density at radius 2 is 1.79 bits per heavy atom.